The maximum Gasteiger partial charge on any atom is 0.407 e. The van der Waals surface area contributed by atoms with Crippen LogP contribution in [0.25, 0.3) is 0 Å². The molecule has 2 aliphatic rings. The van der Waals surface area contributed by atoms with Crippen LogP contribution < -0.4 is 15.7 Å². The van der Waals surface area contributed by atoms with Gasteiger partial charge in [-0.25, -0.2) is 10.3 Å². The summed E-state index contributed by atoms with van der Waals surface area (Å²) in [5, 5.41) is 20.8. The van der Waals surface area contributed by atoms with E-state index in [0.29, 0.717) is 23.5 Å². The van der Waals surface area contributed by atoms with Crippen LogP contribution in [0.4, 0.5) is 10.5 Å². The molecule has 182 valence electrons. The topological polar surface area (TPSA) is 163 Å². The molecule has 2 heterocycles. The minimum Gasteiger partial charge on any atom is -0.465 e. The number of fused-ring (bicyclic) bond motifs is 1. The fourth-order valence-corrected chi connectivity index (χ4v) is 5.84. The zero-order valence-electron chi connectivity index (χ0n) is 18.1. The van der Waals surface area contributed by atoms with Crippen molar-refractivity contribution in [2.75, 3.05) is 30.3 Å². The number of likely N-dealkylation sites (tertiary alicyclic amines) is 1. The van der Waals surface area contributed by atoms with Gasteiger partial charge in [0.25, 0.3) is 5.91 Å². The molecular formula is C22H26N4O7S. The molecule has 0 bridgehead atoms. The van der Waals surface area contributed by atoms with Crippen molar-refractivity contribution in [3.05, 3.63) is 59.7 Å². The van der Waals surface area contributed by atoms with Crippen LogP contribution in [0.5, 0.6) is 0 Å². The lowest BCUT2D eigenvalue weighted by molar-refractivity contribution is -0.133. The quantitative estimate of drug-likeness (QED) is 0.274. The molecule has 0 saturated carbocycles. The number of nitrogens with one attached hydrogen (secondary N) is 2. The van der Waals surface area contributed by atoms with E-state index in [9.17, 15) is 28.6 Å². The molecule has 4 rings (SSSR count). The monoisotopic (exact) mass is 490 g/mol. The molecular weight excluding hydrogens is 464 g/mol. The average Bonchev–Trinajstić information content (AvgIpc) is 3.25. The highest BCUT2D eigenvalue weighted by atomic mass is 32.3. The highest BCUT2D eigenvalue weighted by Gasteiger charge is 2.40. The number of hydrogen-bond donors (Lipinski definition) is 6. The normalized spacial score (nSPS) is 22.0. The van der Waals surface area contributed by atoms with Crippen molar-refractivity contribution in [3.63, 3.8) is 0 Å². The Bertz CT molecular complexity index is 1090. The number of anilines is 1. The number of carbonyl (C=O) groups is 3. The molecule has 2 aliphatic heterocycles. The van der Waals surface area contributed by atoms with E-state index in [0.717, 1.165) is 16.2 Å². The molecule has 11 nitrogen and oxygen atoms in total. The van der Waals surface area contributed by atoms with Gasteiger partial charge in [-0.2, -0.15) is 10.6 Å². The smallest absolute Gasteiger partial charge is 0.407 e. The third kappa shape index (κ3) is 4.80. The SMILES string of the molecule is O=C(N[C@@H]1CN(C(=O)O)C[C@@H]1C(=O)NO)c1ccc(CN2CCS(O)(O)c3ccccc32)cc1. The molecule has 34 heavy (non-hydrogen) atoms. The van der Waals surface area contributed by atoms with Gasteiger partial charge >= 0.3 is 6.09 Å². The van der Waals surface area contributed by atoms with Crippen LogP contribution in [0.15, 0.2) is 53.4 Å². The molecule has 1 fully saturated rings. The Labute approximate surface area is 197 Å². The molecule has 3 amide bonds. The van der Waals surface area contributed by atoms with Crippen molar-refractivity contribution in [1.29, 1.82) is 0 Å². The van der Waals surface area contributed by atoms with Crippen LogP contribution in [0, 0.1) is 5.92 Å². The Kier molecular flexibility index (Phi) is 6.66. The first kappa shape index (κ1) is 23.8. The Morgan fingerprint density at radius 3 is 2.41 bits per heavy atom. The Morgan fingerprint density at radius 1 is 1.03 bits per heavy atom. The van der Waals surface area contributed by atoms with E-state index in [4.69, 9.17) is 5.21 Å². The van der Waals surface area contributed by atoms with E-state index in [2.05, 4.69) is 10.2 Å². The van der Waals surface area contributed by atoms with Gasteiger partial charge in [0.15, 0.2) is 0 Å². The number of carboxylic acid groups (broad SMARTS) is 1. The van der Waals surface area contributed by atoms with Crippen molar-refractivity contribution >= 4 is 34.2 Å². The number of amides is 3. The number of carbonyl (C=O) groups excluding carboxylic acids is 2. The number of nitrogens with zero attached hydrogens (tertiary/aromatic N) is 2. The first-order valence-electron chi connectivity index (χ1n) is 10.6. The fourth-order valence-electron chi connectivity index (χ4n) is 4.32. The first-order chi connectivity index (χ1) is 16.2. The van der Waals surface area contributed by atoms with E-state index in [-0.39, 0.29) is 18.8 Å². The Hall–Kier alpha value is -3.32. The van der Waals surface area contributed by atoms with Gasteiger partial charge in [-0.3, -0.25) is 23.9 Å². The van der Waals surface area contributed by atoms with Crippen molar-refractivity contribution in [3.8, 4) is 0 Å². The molecule has 1 saturated heterocycles. The molecule has 2 aromatic carbocycles. The van der Waals surface area contributed by atoms with E-state index in [1.54, 1.807) is 36.4 Å². The summed E-state index contributed by atoms with van der Waals surface area (Å²) in [7, 11) is -2.80. The van der Waals surface area contributed by atoms with Gasteiger partial charge in [0.1, 0.15) is 0 Å². The van der Waals surface area contributed by atoms with E-state index >= 15 is 0 Å². The second-order valence-corrected chi connectivity index (χ2v) is 10.5. The van der Waals surface area contributed by atoms with E-state index < -0.39 is 40.5 Å². The molecule has 0 spiro atoms. The first-order valence-corrected chi connectivity index (χ1v) is 12.3. The summed E-state index contributed by atoms with van der Waals surface area (Å²) in [6.07, 6.45) is -1.21. The number of hydroxylamine groups is 1. The van der Waals surface area contributed by atoms with Gasteiger partial charge < -0.3 is 20.2 Å². The number of benzene rings is 2. The summed E-state index contributed by atoms with van der Waals surface area (Å²) in [5.41, 5.74) is 3.55. The fraction of sp³-hybridized carbons (Fsp3) is 0.318. The molecule has 2 atom stereocenters. The standard InChI is InChI=1S/C22H26N4O7S/c27-20(23-17-13-26(22(29)30)12-16(17)21(28)24-31)15-7-5-14(6-8-15)11-25-9-10-34(32,33)19-4-2-1-3-18(19)25/h1-8,16-17,31-33H,9-13H2,(H,23,27)(H,24,28)(H,29,30)/t16-,17+/m0/s1. The summed E-state index contributed by atoms with van der Waals surface area (Å²) in [6.45, 7) is 0.805. The zero-order chi connectivity index (χ0) is 24.5. The highest BCUT2D eigenvalue weighted by Crippen LogP contribution is 2.55. The number of rotatable bonds is 5. The van der Waals surface area contributed by atoms with Gasteiger partial charge in [0.05, 0.1) is 28.3 Å². The number of para-hydroxylation sites is 1. The lowest BCUT2D eigenvalue weighted by atomic mass is 10.0. The van der Waals surface area contributed by atoms with Crippen LogP contribution in [0.3, 0.4) is 0 Å². The van der Waals surface area contributed by atoms with Crippen LogP contribution in [-0.2, 0) is 11.3 Å². The predicted octanol–water partition coefficient (Wildman–Crippen LogP) is 2.03. The maximum absolute atomic E-state index is 12.7. The summed E-state index contributed by atoms with van der Waals surface area (Å²) in [4.78, 5) is 39.5. The van der Waals surface area contributed by atoms with Crippen LogP contribution >= 0.6 is 10.6 Å². The highest BCUT2D eigenvalue weighted by molar-refractivity contribution is 8.24. The second kappa shape index (κ2) is 9.50. The van der Waals surface area contributed by atoms with Crippen molar-refractivity contribution in [2.24, 2.45) is 5.92 Å². The third-order valence-electron chi connectivity index (χ3n) is 6.15. The van der Waals surface area contributed by atoms with Crippen molar-refractivity contribution in [2.45, 2.75) is 17.5 Å². The van der Waals surface area contributed by atoms with Gasteiger partial charge in [-0.05, 0) is 29.8 Å². The number of hydrogen-bond acceptors (Lipinski definition) is 7. The lowest BCUT2D eigenvalue weighted by Crippen LogP contribution is -2.45. The molecule has 2 aromatic rings. The molecule has 0 aromatic heterocycles. The van der Waals surface area contributed by atoms with Crippen molar-refractivity contribution < 1.29 is 33.8 Å². The van der Waals surface area contributed by atoms with Crippen LogP contribution in [0.1, 0.15) is 15.9 Å². The Morgan fingerprint density at radius 2 is 1.74 bits per heavy atom. The van der Waals surface area contributed by atoms with Gasteiger partial charge in [-0.15, -0.1) is 0 Å². The average molecular weight is 491 g/mol. The second-order valence-electron chi connectivity index (χ2n) is 8.31. The summed E-state index contributed by atoms with van der Waals surface area (Å²) in [6, 6.07) is 13.3. The van der Waals surface area contributed by atoms with Gasteiger partial charge in [0, 0.05) is 31.7 Å². The molecule has 6 N–H and O–H groups in total. The van der Waals surface area contributed by atoms with Crippen LogP contribution in [0.2, 0.25) is 0 Å². The summed E-state index contributed by atoms with van der Waals surface area (Å²) >= 11 is 0. The van der Waals surface area contributed by atoms with Gasteiger partial charge in [0.2, 0.25) is 5.91 Å². The Balaban J connectivity index is 1.43. The molecule has 12 heteroatoms. The van der Waals surface area contributed by atoms with E-state index in [1.165, 1.54) is 5.48 Å². The molecule has 0 aliphatic carbocycles. The minimum absolute atomic E-state index is 0.0647. The van der Waals surface area contributed by atoms with E-state index in [1.807, 2.05) is 12.1 Å². The minimum atomic E-state index is -2.80. The maximum atomic E-state index is 12.7. The zero-order valence-corrected chi connectivity index (χ0v) is 18.9. The summed E-state index contributed by atoms with van der Waals surface area (Å²) < 4.78 is 20.7. The lowest BCUT2D eigenvalue weighted by Gasteiger charge is -2.43. The predicted molar refractivity (Wildman–Crippen MR) is 124 cm³/mol. The molecule has 0 unspecified atom stereocenters. The van der Waals surface area contributed by atoms with Crippen molar-refractivity contribution in [1.82, 2.24) is 15.7 Å². The van der Waals surface area contributed by atoms with Gasteiger partial charge in [-0.1, -0.05) is 24.3 Å². The third-order valence-corrected chi connectivity index (χ3v) is 7.95. The molecule has 0 radical (unpaired) electrons. The largest absolute Gasteiger partial charge is 0.465 e. The summed E-state index contributed by atoms with van der Waals surface area (Å²) in [5.74, 6) is -1.88. The van der Waals surface area contributed by atoms with Crippen LogP contribution in [-0.4, -0.2) is 73.7 Å².